The van der Waals surface area contributed by atoms with Crippen LogP contribution in [0.4, 0.5) is 0 Å². The number of aliphatic hydroxyl groups excluding tert-OH is 1. The number of piperidine rings is 1. The number of carbonyl (C=O) groups excluding carboxylic acids is 2. The zero-order chi connectivity index (χ0) is 27.1. The summed E-state index contributed by atoms with van der Waals surface area (Å²) in [5.41, 5.74) is 4.09. The van der Waals surface area contributed by atoms with Gasteiger partial charge in [0.2, 0.25) is 0 Å². The second-order valence-corrected chi connectivity index (χ2v) is 10.6. The van der Waals surface area contributed by atoms with E-state index >= 15 is 0 Å². The molecule has 0 bridgehead atoms. The number of methoxy groups -OCH3 is 1. The first-order valence-electron chi connectivity index (χ1n) is 13.5. The Balaban J connectivity index is 1.45. The third-order valence-corrected chi connectivity index (χ3v) is 8.63. The maximum atomic E-state index is 13.9. The highest BCUT2D eigenvalue weighted by atomic mass is 16.5. The van der Waals surface area contributed by atoms with Gasteiger partial charge in [-0.3, -0.25) is 9.59 Å². The van der Waals surface area contributed by atoms with Gasteiger partial charge >= 0.3 is 0 Å². The molecular formula is C32H33N3O4. The Labute approximate surface area is 228 Å². The van der Waals surface area contributed by atoms with Crippen molar-refractivity contribution in [3.8, 4) is 5.75 Å². The maximum absolute atomic E-state index is 13.9. The van der Waals surface area contributed by atoms with Crippen molar-refractivity contribution in [2.75, 3.05) is 33.4 Å². The number of ether oxygens (including phenoxy) is 1. The van der Waals surface area contributed by atoms with Gasteiger partial charge in [0.05, 0.1) is 25.3 Å². The average molecular weight is 524 g/mol. The lowest BCUT2D eigenvalue weighted by atomic mass is 9.68. The highest BCUT2D eigenvalue weighted by Gasteiger charge is 2.50. The van der Waals surface area contributed by atoms with Gasteiger partial charge in [-0.2, -0.15) is 0 Å². The average Bonchev–Trinajstić information content (AvgIpc) is 3.30. The van der Waals surface area contributed by atoms with Gasteiger partial charge < -0.3 is 24.2 Å². The number of hydrogen-bond donors (Lipinski definition) is 1. The van der Waals surface area contributed by atoms with Gasteiger partial charge in [0.25, 0.3) is 11.8 Å². The van der Waals surface area contributed by atoms with E-state index < -0.39 is 6.04 Å². The third kappa shape index (κ3) is 4.08. The number of amides is 2. The summed E-state index contributed by atoms with van der Waals surface area (Å²) < 4.78 is 7.64. The number of benzene rings is 3. The predicted octanol–water partition coefficient (Wildman–Crippen LogP) is 4.55. The summed E-state index contributed by atoms with van der Waals surface area (Å²) in [7, 11) is 3.66. The molecule has 39 heavy (non-hydrogen) atoms. The molecule has 3 aromatic carbocycles. The monoisotopic (exact) mass is 523 g/mol. The third-order valence-electron chi connectivity index (χ3n) is 8.63. The van der Waals surface area contributed by atoms with Crippen molar-refractivity contribution in [2.24, 2.45) is 7.05 Å². The smallest absolute Gasteiger partial charge is 0.254 e. The maximum Gasteiger partial charge on any atom is 0.254 e. The number of hydrogen-bond acceptors (Lipinski definition) is 4. The molecule has 2 aliphatic heterocycles. The molecule has 1 N–H and O–H groups in total. The van der Waals surface area contributed by atoms with Crippen molar-refractivity contribution in [3.05, 3.63) is 101 Å². The highest BCUT2D eigenvalue weighted by molar-refractivity contribution is 5.96. The molecular weight excluding hydrogens is 490 g/mol. The molecule has 1 fully saturated rings. The van der Waals surface area contributed by atoms with Crippen LogP contribution in [0.5, 0.6) is 5.75 Å². The molecule has 7 heteroatoms. The van der Waals surface area contributed by atoms with Crippen LogP contribution in [-0.2, 0) is 12.5 Å². The van der Waals surface area contributed by atoms with E-state index in [0.717, 1.165) is 35.2 Å². The molecule has 200 valence electrons. The van der Waals surface area contributed by atoms with Crippen LogP contribution >= 0.6 is 0 Å². The van der Waals surface area contributed by atoms with E-state index in [1.807, 2.05) is 89.6 Å². The summed E-state index contributed by atoms with van der Waals surface area (Å²) in [4.78, 5) is 31.0. The fourth-order valence-corrected chi connectivity index (χ4v) is 6.63. The van der Waals surface area contributed by atoms with E-state index in [4.69, 9.17) is 4.74 Å². The van der Waals surface area contributed by atoms with Crippen molar-refractivity contribution in [1.82, 2.24) is 14.4 Å². The van der Waals surface area contributed by atoms with Gasteiger partial charge in [0, 0.05) is 60.4 Å². The van der Waals surface area contributed by atoms with E-state index in [1.54, 1.807) is 7.11 Å². The Bertz CT molecular complexity index is 1520. The summed E-state index contributed by atoms with van der Waals surface area (Å²) >= 11 is 0. The van der Waals surface area contributed by atoms with Crippen LogP contribution in [0.1, 0.15) is 50.9 Å². The lowest BCUT2D eigenvalue weighted by molar-refractivity contribution is 0.0317. The number of aromatic nitrogens is 1. The summed E-state index contributed by atoms with van der Waals surface area (Å²) in [6.07, 6.45) is 1.45. The van der Waals surface area contributed by atoms with Crippen molar-refractivity contribution in [3.63, 3.8) is 0 Å². The first kappa shape index (κ1) is 25.2. The lowest BCUT2D eigenvalue weighted by Crippen LogP contribution is -2.56. The minimum absolute atomic E-state index is 0.0367. The molecule has 0 radical (unpaired) electrons. The van der Waals surface area contributed by atoms with Gasteiger partial charge in [0.1, 0.15) is 5.75 Å². The Kier molecular flexibility index (Phi) is 6.39. The van der Waals surface area contributed by atoms with Crippen LogP contribution in [0.15, 0.2) is 78.9 Å². The quantitative estimate of drug-likeness (QED) is 0.426. The first-order valence-corrected chi connectivity index (χ1v) is 13.5. The summed E-state index contributed by atoms with van der Waals surface area (Å²) in [6.45, 7) is 1.49. The van der Waals surface area contributed by atoms with Crippen LogP contribution in [0.3, 0.4) is 0 Å². The first-order chi connectivity index (χ1) is 19.0. The van der Waals surface area contributed by atoms with Crippen molar-refractivity contribution < 1.29 is 19.4 Å². The van der Waals surface area contributed by atoms with Crippen LogP contribution in [0, 0.1) is 0 Å². The highest BCUT2D eigenvalue weighted by Crippen LogP contribution is 2.50. The Morgan fingerprint density at radius 2 is 1.54 bits per heavy atom. The number of carbonyl (C=O) groups is 2. The minimum atomic E-state index is -0.481. The SMILES string of the molecule is COc1ccc2c3c(n(C)c2c1)[C@@H](CO)N(C(=O)c1ccccc1)CC31CCN(C(=O)c2ccccc2)CC1. The number of nitrogens with zero attached hydrogens (tertiary/aromatic N) is 3. The molecule has 7 nitrogen and oxygen atoms in total. The summed E-state index contributed by atoms with van der Waals surface area (Å²) in [6, 6.07) is 24.3. The van der Waals surface area contributed by atoms with Gasteiger partial charge in [-0.05, 0) is 54.8 Å². The Hall–Kier alpha value is -4.10. The molecule has 2 aliphatic rings. The van der Waals surface area contributed by atoms with Gasteiger partial charge in [-0.1, -0.05) is 36.4 Å². The predicted molar refractivity (Wildman–Crippen MR) is 150 cm³/mol. The number of aliphatic hydroxyl groups is 1. The topological polar surface area (TPSA) is 75.0 Å². The molecule has 1 spiro atoms. The van der Waals surface area contributed by atoms with Gasteiger partial charge in [-0.15, -0.1) is 0 Å². The summed E-state index contributed by atoms with van der Waals surface area (Å²) in [5, 5.41) is 11.8. The molecule has 2 amide bonds. The second-order valence-electron chi connectivity index (χ2n) is 10.6. The molecule has 1 saturated heterocycles. The van der Waals surface area contributed by atoms with Crippen LogP contribution in [0.25, 0.3) is 10.9 Å². The molecule has 4 aromatic rings. The molecule has 1 atom stereocenters. The normalized spacial score (nSPS) is 18.3. The number of rotatable bonds is 4. The number of aryl methyl sites for hydroxylation is 1. The Morgan fingerprint density at radius 1 is 0.923 bits per heavy atom. The number of likely N-dealkylation sites (tertiary alicyclic amines) is 1. The summed E-state index contributed by atoms with van der Waals surface area (Å²) in [5.74, 6) is 0.704. The standard InChI is InChI=1S/C32H33N3O4/c1-33-26-19-24(39-2)13-14-25(26)28-29(33)27(20-36)35(31(38)23-11-7-4-8-12-23)21-32(28)15-17-34(18-16-32)30(37)22-9-5-3-6-10-22/h3-14,19,27,36H,15-18,20-21H2,1-2H3/t27-/m1/s1. The van der Waals surface area contributed by atoms with Crippen LogP contribution in [-0.4, -0.2) is 64.6 Å². The molecule has 3 heterocycles. The zero-order valence-electron chi connectivity index (χ0n) is 22.3. The lowest BCUT2D eigenvalue weighted by Gasteiger charge is -2.50. The Morgan fingerprint density at radius 3 is 2.13 bits per heavy atom. The molecule has 6 rings (SSSR count). The zero-order valence-corrected chi connectivity index (χ0v) is 22.3. The fourth-order valence-electron chi connectivity index (χ4n) is 6.63. The number of fused-ring (bicyclic) bond motifs is 4. The van der Waals surface area contributed by atoms with E-state index in [-0.39, 0.29) is 23.8 Å². The minimum Gasteiger partial charge on any atom is -0.497 e. The largest absolute Gasteiger partial charge is 0.497 e. The van der Waals surface area contributed by atoms with Gasteiger partial charge in [0.15, 0.2) is 0 Å². The second kappa shape index (κ2) is 9.89. The van der Waals surface area contributed by atoms with E-state index in [9.17, 15) is 14.7 Å². The molecule has 1 aromatic heterocycles. The van der Waals surface area contributed by atoms with E-state index in [0.29, 0.717) is 30.8 Å². The van der Waals surface area contributed by atoms with Crippen molar-refractivity contribution >= 4 is 22.7 Å². The van der Waals surface area contributed by atoms with E-state index in [1.165, 1.54) is 5.56 Å². The van der Waals surface area contributed by atoms with Crippen LogP contribution in [0.2, 0.25) is 0 Å². The van der Waals surface area contributed by atoms with Crippen molar-refractivity contribution in [2.45, 2.75) is 24.3 Å². The fraction of sp³-hybridized carbons (Fsp3) is 0.312. The van der Waals surface area contributed by atoms with Crippen molar-refractivity contribution in [1.29, 1.82) is 0 Å². The molecule has 0 unspecified atom stereocenters. The van der Waals surface area contributed by atoms with Crippen LogP contribution < -0.4 is 4.74 Å². The molecule has 0 aliphatic carbocycles. The molecule has 0 saturated carbocycles. The van der Waals surface area contributed by atoms with Gasteiger partial charge in [-0.25, -0.2) is 0 Å². The van der Waals surface area contributed by atoms with E-state index in [2.05, 4.69) is 10.6 Å².